The summed E-state index contributed by atoms with van der Waals surface area (Å²) >= 11 is 0. The van der Waals surface area contributed by atoms with Crippen LogP contribution in [0, 0.1) is 0 Å². The molecule has 10 atom stereocenters. The van der Waals surface area contributed by atoms with Crippen LogP contribution in [0.3, 0.4) is 0 Å². The van der Waals surface area contributed by atoms with Crippen molar-refractivity contribution in [3.05, 3.63) is 82.2 Å². The SMILES string of the molecule is CCCCOC1[C@H](O)C(CO)O[C@@H](O[C@@H]2C(COC(=O)c3ccccc3)O[C@H](OC)C(N=[N+]=[N-])[C@H]2OCCCC)[C@H]1OC(=O)c1ccccc1. The summed E-state index contributed by atoms with van der Waals surface area (Å²) in [5.74, 6) is -1.36. The lowest BCUT2D eigenvalue weighted by Crippen LogP contribution is -2.66. The molecule has 4 unspecified atom stereocenters. The Kier molecular flexibility index (Phi) is 15.9. The van der Waals surface area contributed by atoms with Crippen molar-refractivity contribution in [3.63, 3.8) is 0 Å². The number of benzene rings is 2. The molecule has 2 N–H and O–H groups in total. The zero-order chi connectivity index (χ0) is 35.9. The smallest absolute Gasteiger partial charge is 0.338 e. The third-order valence-corrected chi connectivity index (χ3v) is 8.38. The van der Waals surface area contributed by atoms with Gasteiger partial charge >= 0.3 is 11.9 Å². The second-order valence-corrected chi connectivity index (χ2v) is 11.9. The van der Waals surface area contributed by atoms with Gasteiger partial charge in [-0.3, -0.25) is 0 Å². The molecule has 0 aromatic heterocycles. The number of esters is 2. The van der Waals surface area contributed by atoms with Gasteiger partial charge in [0.2, 0.25) is 0 Å². The molecule has 0 bridgehead atoms. The third kappa shape index (κ3) is 10.2. The van der Waals surface area contributed by atoms with E-state index in [9.17, 15) is 25.3 Å². The molecule has 50 heavy (non-hydrogen) atoms. The van der Waals surface area contributed by atoms with Crippen LogP contribution in [0.1, 0.15) is 60.2 Å². The minimum atomic E-state index is -1.47. The lowest BCUT2D eigenvalue weighted by atomic mass is 9.95. The average Bonchev–Trinajstić information content (AvgIpc) is 3.14. The van der Waals surface area contributed by atoms with Crippen LogP contribution >= 0.6 is 0 Å². The Hall–Kier alpha value is -3.63. The lowest BCUT2D eigenvalue weighted by Gasteiger charge is -2.48. The van der Waals surface area contributed by atoms with Crippen LogP contribution in [-0.4, -0.2) is 117 Å². The van der Waals surface area contributed by atoms with E-state index >= 15 is 0 Å². The van der Waals surface area contributed by atoms with Crippen LogP contribution in [0.4, 0.5) is 0 Å². The summed E-state index contributed by atoms with van der Waals surface area (Å²) in [4.78, 5) is 29.4. The van der Waals surface area contributed by atoms with E-state index in [-0.39, 0.29) is 25.4 Å². The van der Waals surface area contributed by atoms with Gasteiger partial charge in [-0.2, -0.15) is 0 Å². The van der Waals surface area contributed by atoms with Gasteiger partial charge in [0.1, 0.15) is 43.2 Å². The van der Waals surface area contributed by atoms with Gasteiger partial charge in [-0.05, 0) is 42.6 Å². The predicted octanol–water partition coefficient (Wildman–Crippen LogP) is 3.95. The number of methoxy groups -OCH3 is 1. The molecule has 15 heteroatoms. The second-order valence-electron chi connectivity index (χ2n) is 11.9. The molecule has 2 aliphatic heterocycles. The van der Waals surface area contributed by atoms with Crippen molar-refractivity contribution in [1.82, 2.24) is 0 Å². The Balaban J connectivity index is 1.73. The number of hydrogen-bond donors (Lipinski definition) is 2. The van der Waals surface area contributed by atoms with Gasteiger partial charge in [0, 0.05) is 25.2 Å². The minimum absolute atomic E-state index is 0.213. The number of carbonyl (C=O) groups excluding carboxylic acids is 2. The highest BCUT2D eigenvalue weighted by molar-refractivity contribution is 5.89. The van der Waals surface area contributed by atoms with Crippen molar-refractivity contribution >= 4 is 11.9 Å². The summed E-state index contributed by atoms with van der Waals surface area (Å²) in [5, 5.41) is 25.4. The predicted molar refractivity (Wildman–Crippen MR) is 177 cm³/mol. The van der Waals surface area contributed by atoms with Crippen LogP contribution < -0.4 is 0 Å². The van der Waals surface area contributed by atoms with Gasteiger partial charge in [0.25, 0.3) is 0 Å². The standard InChI is InChI=1S/C35H47N3O12/c1-4-6-18-44-29-26(37-38-36)34(43-3)48-25(21-46-32(41)22-14-10-8-11-15-22)28(29)50-35-31(49-33(42)23-16-12-9-13-17-23)30(45-19-7-5-2)27(40)24(20-39)47-35/h8-17,24-31,34-35,39-40H,4-7,18-21H2,1-3H3/t24?,25?,26?,27-,28-,29-,30?,31+,34+,35+/m1/s1. The van der Waals surface area contributed by atoms with Crippen LogP contribution in [0.2, 0.25) is 0 Å². The summed E-state index contributed by atoms with van der Waals surface area (Å²) in [6.07, 6.45) is -8.16. The number of rotatable bonds is 18. The quantitative estimate of drug-likeness (QED) is 0.0747. The first-order valence-electron chi connectivity index (χ1n) is 16.9. The largest absolute Gasteiger partial charge is 0.459 e. The number of ether oxygens (including phenoxy) is 8. The van der Waals surface area contributed by atoms with Crippen molar-refractivity contribution in [3.8, 4) is 0 Å². The maximum Gasteiger partial charge on any atom is 0.338 e. The fraction of sp³-hybridized carbons (Fsp3) is 0.600. The highest BCUT2D eigenvalue weighted by atomic mass is 16.8. The molecule has 0 amide bonds. The Bertz CT molecular complexity index is 1370. The van der Waals surface area contributed by atoms with Crippen LogP contribution in [-0.2, 0) is 37.9 Å². The minimum Gasteiger partial charge on any atom is -0.459 e. The molecule has 4 rings (SSSR count). The maximum absolute atomic E-state index is 13.4. The zero-order valence-electron chi connectivity index (χ0n) is 28.5. The summed E-state index contributed by atoms with van der Waals surface area (Å²) in [6, 6.07) is 15.5. The van der Waals surface area contributed by atoms with E-state index in [2.05, 4.69) is 10.0 Å². The van der Waals surface area contributed by atoms with E-state index < -0.39 is 79.9 Å². The van der Waals surface area contributed by atoms with E-state index in [0.717, 1.165) is 12.8 Å². The molecule has 0 saturated carbocycles. The molecule has 0 aliphatic carbocycles. The van der Waals surface area contributed by atoms with Crippen LogP contribution in [0.25, 0.3) is 10.4 Å². The zero-order valence-corrected chi connectivity index (χ0v) is 28.5. The van der Waals surface area contributed by atoms with E-state index in [1.807, 2.05) is 13.8 Å². The monoisotopic (exact) mass is 701 g/mol. The Morgan fingerprint density at radius 3 is 1.96 bits per heavy atom. The molecule has 2 saturated heterocycles. The highest BCUT2D eigenvalue weighted by Crippen LogP contribution is 2.34. The Morgan fingerprint density at radius 1 is 0.820 bits per heavy atom. The van der Waals surface area contributed by atoms with Gasteiger partial charge in [-0.25, -0.2) is 9.59 Å². The second kappa shape index (κ2) is 20.3. The van der Waals surface area contributed by atoms with Crippen molar-refractivity contribution in [2.24, 2.45) is 5.11 Å². The molecular weight excluding hydrogens is 654 g/mol. The number of carbonyl (C=O) groups is 2. The maximum atomic E-state index is 13.4. The summed E-state index contributed by atoms with van der Waals surface area (Å²) in [6.45, 7) is 3.44. The molecule has 0 radical (unpaired) electrons. The number of azide groups is 1. The van der Waals surface area contributed by atoms with Gasteiger partial charge in [-0.1, -0.05) is 68.2 Å². The Morgan fingerprint density at radius 2 is 1.40 bits per heavy atom. The van der Waals surface area contributed by atoms with Crippen molar-refractivity contribution in [2.45, 2.75) is 101 Å². The number of aliphatic hydroxyl groups is 2. The average molecular weight is 702 g/mol. The van der Waals surface area contributed by atoms with Crippen molar-refractivity contribution in [2.75, 3.05) is 33.5 Å². The van der Waals surface area contributed by atoms with E-state index in [1.165, 1.54) is 7.11 Å². The third-order valence-electron chi connectivity index (χ3n) is 8.38. The number of nitrogens with zero attached hydrogens (tertiary/aromatic N) is 3. The molecular formula is C35H47N3O12. The van der Waals surface area contributed by atoms with Crippen LogP contribution in [0.15, 0.2) is 65.8 Å². The van der Waals surface area contributed by atoms with Gasteiger partial charge in [0.15, 0.2) is 18.7 Å². The molecule has 15 nitrogen and oxygen atoms in total. The first kappa shape index (κ1) is 39.2. The van der Waals surface area contributed by atoms with E-state index in [4.69, 9.17) is 37.9 Å². The lowest BCUT2D eigenvalue weighted by molar-refractivity contribution is -0.350. The first-order chi connectivity index (χ1) is 24.4. The molecule has 274 valence electrons. The van der Waals surface area contributed by atoms with Crippen LogP contribution in [0.5, 0.6) is 0 Å². The normalized spacial score (nSPS) is 29.5. The summed E-state index contributed by atoms with van der Waals surface area (Å²) < 4.78 is 48.3. The van der Waals surface area contributed by atoms with Gasteiger partial charge in [0.05, 0.1) is 23.8 Å². The molecule has 0 spiro atoms. The molecule has 2 fully saturated rings. The summed E-state index contributed by atoms with van der Waals surface area (Å²) in [7, 11) is 1.37. The fourth-order valence-corrected chi connectivity index (χ4v) is 5.69. The number of hydrogen-bond acceptors (Lipinski definition) is 13. The first-order valence-corrected chi connectivity index (χ1v) is 16.9. The van der Waals surface area contributed by atoms with Gasteiger partial charge < -0.3 is 48.1 Å². The fourth-order valence-electron chi connectivity index (χ4n) is 5.69. The summed E-state index contributed by atoms with van der Waals surface area (Å²) in [5.41, 5.74) is 10.0. The topological polar surface area (TPSA) is 197 Å². The molecule has 2 aromatic carbocycles. The van der Waals surface area contributed by atoms with E-state index in [0.29, 0.717) is 18.4 Å². The van der Waals surface area contributed by atoms with Crippen molar-refractivity contribution < 1.29 is 57.7 Å². The highest BCUT2D eigenvalue weighted by Gasteiger charge is 2.54. The van der Waals surface area contributed by atoms with Gasteiger partial charge in [-0.15, -0.1) is 0 Å². The number of unbranched alkanes of at least 4 members (excludes halogenated alkanes) is 2. The molecule has 2 aromatic rings. The Labute approximate surface area is 291 Å². The molecule has 2 aliphatic rings. The molecule has 2 heterocycles. The van der Waals surface area contributed by atoms with Crippen molar-refractivity contribution in [1.29, 1.82) is 0 Å². The van der Waals surface area contributed by atoms with E-state index in [1.54, 1.807) is 60.7 Å². The number of aliphatic hydroxyl groups excluding tert-OH is 2.